The van der Waals surface area contributed by atoms with Crippen LogP contribution in [0.25, 0.3) is 0 Å². The van der Waals surface area contributed by atoms with E-state index in [4.69, 9.17) is 10.2 Å². The van der Waals surface area contributed by atoms with Crippen molar-refractivity contribution in [1.29, 1.82) is 0 Å². The highest BCUT2D eigenvalue weighted by Gasteiger charge is 2.23. The van der Waals surface area contributed by atoms with Crippen LogP contribution in [0.3, 0.4) is 0 Å². The van der Waals surface area contributed by atoms with Gasteiger partial charge in [-0.25, -0.2) is 0 Å². The van der Waals surface area contributed by atoms with Gasteiger partial charge in [-0.1, -0.05) is 12.8 Å². The first kappa shape index (κ1) is 8.02. The molecule has 1 aliphatic rings. The molecule has 0 aliphatic heterocycles. The normalized spacial score (nSPS) is 34.2. The Morgan fingerprint density at radius 2 is 1.30 bits per heavy atom. The number of hydrogen-bond donors (Lipinski definition) is 2. The van der Waals surface area contributed by atoms with Gasteiger partial charge < -0.3 is 10.2 Å². The maximum absolute atomic E-state index is 8.88. The molecule has 0 aromatic carbocycles. The van der Waals surface area contributed by atoms with Crippen molar-refractivity contribution in [2.75, 3.05) is 13.2 Å². The predicted molar refractivity (Wildman–Crippen MR) is 39.6 cm³/mol. The van der Waals surface area contributed by atoms with Crippen molar-refractivity contribution in [3.8, 4) is 0 Å². The zero-order valence-corrected chi connectivity index (χ0v) is 6.29. The minimum atomic E-state index is 0.255. The zero-order valence-electron chi connectivity index (χ0n) is 6.29. The summed E-state index contributed by atoms with van der Waals surface area (Å²) in [5.74, 6) is 0.748. The molecule has 1 saturated carbocycles. The Hall–Kier alpha value is -0.0800. The highest BCUT2D eigenvalue weighted by Crippen LogP contribution is 2.28. The average Bonchev–Trinajstić information content (AvgIpc) is 2.04. The maximum Gasteiger partial charge on any atom is 0.0462 e. The molecule has 2 N–H and O–H groups in total. The molecule has 0 spiro atoms. The number of aliphatic hydroxyl groups is 2. The van der Waals surface area contributed by atoms with Crippen LogP contribution in [0.4, 0.5) is 0 Å². The van der Waals surface area contributed by atoms with Gasteiger partial charge in [0.15, 0.2) is 0 Å². The molecular weight excluding hydrogens is 128 g/mol. The van der Waals surface area contributed by atoms with Crippen molar-refractivity contribution in [1.82, 2.24) is 0 Å². The summed E-state index contributed by atoms with van der Waals surface area (Å²) in [6, 6.07) is 0. The van der Waals surface area contributed by atoms with Gasteiger partial charge in [0.05, 0.1) is 0 Å². The van der Waals surface area contributed by atoms with E-state index in [0.29, 0.717) is 11.8 Å². The lowest BCUT2D eigenvalue weighted by Gasteiger charge is -2.28. The largest absolute Gasteiger partial charge is 0.396 e. The van der Waals surface area contributed by atoms with Gasteiger partial charge in [0.2, 0.25) is 0 Å². The van der Waals surface area contributed by atoms with E-state index < -0.39 is 0 Å². The van der Waals surface area contributed by atoms with Crippen LogP contribution in [0.5, 0.6) is 0 Å². The fourth-order valence-electron chi connectivity index (χ4n) is 1.77. The topological polar surface area (TPSA) is 40.5 Å². The molecule has 1 unspecified atom stereocenters. The smallest absolute Gasteiger partial charge is 0.0462 e. The lowest BCUT2D eigenvalue weighted by molar-refractivity contribution is 0.0869. The molecule has 0 saturated heterocycles. The minimum absolute atomic E-state index is 0.255. The van der Waals surface area contributed by atoms with Gasteiger partial charge in [-0.2, -0.15) is 0 Å². The summed E-state index contributed by atoms with van der Waals surface area (Å²) in [6.07, 6.45) is 4.65. The summed E-state index contributed by atoms with van der Waals surface area (Å²) in [7, 11) is 0. The second-order valence-corrected chi connectivity index (χ2v) is 3.17. The Bertz CT molecular complexity index is 81.3. The maximum atomic E-state index is 8.88. The molecule has 0 aromatic heterocycles. The van der Waals surface area contributed by atoms with E-state index in [1.165, 1.54) is 12.8 Å². The van der Waals surface area contributed by atoms with Crippen LogP contribution in [0.2, 0.25) is 0 Å². The summed E-state index contributed by atoms with van der Waals surface area (Å²) in [5, 5.41) is 17.8. The Balaban J connectivity index is 2.34. The lowest BCUT2D eigenvalue weighted by Crippen LogP contribution is -2.25. The summed E-state index contributed by atoms with van der Waals surface area (Å²) in [5.41, 5.74) is 0. The van der Waals surface area contributed by atoms with Crippen LogP contribution >= 0.6 is 0 Å². The molecule has 2 atom stereocenters. The second-order valence-electron chi connectivity index (χ2n) is 3.17. The van der Waals surface area contributed by atoms with Crippen LogP contribution in [0.15, 0.2) is 0 Å². The molecule has 2 nitrogen and oxygen atoms in total. The van der Waals surface area contributed by atoms with Crippen LogP contribution in [0.1, 0.15) is 25.7 Å². The third-order valence-corrected chi connectivity index (χ3v) is 2.54. The summed E-state index contributed by atoms with van der Waals surface area (Å²) >= 11 is 0. The van der Waals surface area contributed by atoms with Crippen LogP contribution < -0.4 is 0 Å². The third-order valence-electron chi connectivity index (χ3n) is 2.54. The van der Waals surface area contributed by atoms with E-state index in [-0.39, 0.29) is 13.2 Å². The molecule has 60 valence electrons. The first-order valence-corrected chi connectivity index (χ1v) is 4.10. The van der Waals surface area contributed by atoms with Gasteiger partial charge in [-0.3, -0.25) is 0 Å². The van der Waals surface area contributed by atoms with Crippen molar-refractivity contribution in [2.45, 2.75) is 25.7 Å². The molecular formula is C8H16O2. The average molecular weight is 144 g/mol. The Morgan fingerprint density at radius 1 is 0.900 bits per heavy atom. The van der Waals surface area contributed by atoms with E-state index >= 15 is 0 Å². The molecule has 0 amide bonds. The molecule has 0 bridgehead atoms. The Labute approximate surface area is 61.9 Å². The Morgan fingerprint density at radius 3 is 1.60 bits per heavy atom. The molecule has 1 fully saturated rings. The summed E-state index contributed by atoms with van der Waals surface area (Å²) in [6.45, 7) is 0.510. The number of hydrogen-bond acceptors (Lipinski definition) is 2. The van der Waals surface area contributed by atoms with Gasteiger partial charge >= 0.3 is 0 Å². The van der Waals surface area contributed by atoms with E-state index in [1.807, 2.05) is 0 Å². The lowest BCUT2D eigenvalue weighted by atomic mass is 9.80. The summed E-state index contributed by atoms with van der Waals surface area (Å²) < 4.78 is 0. The Kier molecular flexibility index (Phi) is 3.16. The quantitative estimate of drug-likeness (QED) is 0.601. The van der Waals surface area contributed by atoms with Crippen molar-refractivity contribution < 1.29 is 10.2 Å². The third kappa shape index (κ3) is 1.70. The predicted octanol–water partition coefficient (Wildman–Crippen LogP) is 0.777. The van der Waals surface area contributed by atoms with Gasteiger partial charge in [-0.05, 0) is 24.7 Å². The number of aliphatic hydroxyl groups excluding tert-OH is 2. The van der Waals surface area contributed by atoms with E-state index in [0.717, 1.165) is 12.8 Å². The minimum Gasteiger partial charge on any atom is -0.396 e. The first-order valence-electron chi connectivity index (χ1n) is 4.10. The van der Waals surface area contributed by atoms with Crippen LogP contribution in [-0.4, -0.2) is 23.4 Å². The number of rotatable bonds is 2. The fraction of sp³-hybridized carbons (Fsp3) is 1.00. The first-order chi connectivity index (χ1) is 4.88. The highest BCUT2D eigenvalue weighted by molar-refractivity contribution is 4.73. The molecule has 0 radical (unpaired) electrons. The van der Waals surface area contributed by atoms with E-state index in [9.17, 15) is 0 Å². The summed E-state index contributed by atoms with van der Waals surface area (Å²) in [4.78, 5) is 0. The van der Waals surface area contributed by atoms with Crippen molar-refractivity contribution >= 4 is 0 Å². The molecule has 0 aromatic rings. The fourth-order valence-corrected chi connectivity index (χ4v) is 1.77. The van der Waals surface area contributed by atoms with E-state index in [1.54, 1.807) is 0 Å². The zero-order chi connectivity index (χ0) is 7.40. The SMILES string of the molecule is OCC1CCCC[C@@H]1CO. The molecule has 2 heteroatoms. The van der Waals surface area contributed by atoms with E-state index in [2.05, 4.69) is 0 Å². The molecule has 1 rings (SSSR count). The van der Waals surface area contributed by atoms with Gasteiger partial charge in [-0.15, -0.1) is 0 Å². The van der Waals surface area contributed by atoms with Crippen molar-refractivity contribution in [3.63, 3.8) is 0 Å². The molecule has 10 heavy (non-hydrogen) atoms. The van der Waals surface area contributed by atoms with Gasteiger partial charge in [0, 0.05) is 13.2 Å². The molecule has 1 aliphatic carbocycles. The monoisotopic (exact) mass is 144 g/mol. The highest BCUT2D eigenvalue weighted by atomic mass is 16.3. The standard InChI is InChI=1S/C8H16O2/c9-5-7-3-1-2-4-8(7)6-10/h7-10H,1-6H2/t7-,8?/m1/s1. The van der Waals surface area contributed by atoms with Gasteiger partial charge in [0.25, 0.3) is 0 Å². The van der Waals surface area contributed by atoms with Crippen molar-refractivity contribution in [2.24, 2.45) is 11.8 Å². The van der Waals surface area contributed by atoms with Crippen LogP contribution in [-0.2, 0) is 0 Å². The molecule has 0 heterocycles. The van der Waals surface area contributed by atoms with Crippen molar-refractivity contribution in [3.05, 3.63) is 0 Å². The van der Waals surface area contributed by atoms with Gasteiger partial charge in [0.1, 0.15) is 0 Å². The second kappa shape index (κ2) is 3.94. The van der Waals surface area contributed by atoms with Crippen LogP contribution in [0, 0.1) is 11.8 Å².